The summed E-state index contributed by atoms with van der Waals surface area (Å²) in [5.74, 6) is -0.231. The number of primary amides is 1. The van der Waals surface area contributed by atoms with Crippen LogP contribution in [0.3, 0.4) is 0 Å². The van der Waals surface area contributed by atoms with E-state index < -0.39 is 11.8 Å². The number of fused-ring (bicyclic) bond motifs is 1. The summed E-state index contributed by atoms with van der Waals surface area (Å²) in [6.45, 7) is 3.92. The van der Waals surface area contributed by atoms with Crippen LogP contribution >= 0.6 is 11.3 Å². The first kappa shape index (κ1) is 14.8. The predicted octanol–water partition coefficient (Wildman–Crippen LogP) is 2.52. The van der Waals surface area contributed by atoms with Gasteiger partial charge in [0.15, 0.2) is 0 Å². The summed E-state index contributed by atoms with van der Waals surface area (Å²) in [5, 5.41) is 6.93. The van der Waals surface area contributed by atoms with Gasteiger partial charge in [0.25, 0.3) is 11.8 Å². The third kappa shape index (κ3) is 2.64. The van der Waals surface area contributed by atoms with Crippen LogP contribution in [0.1, 0.15) is 50.4 Å². The molecule has 1 atom stereocenters. The molecule has 116 valence electrons. The van der Waals surface area contributed by atoms with E-state index in [1.165, 1.54) is 11.3 Å². The van der Waals surface area contributed by atoms with Gasteiger partial charge >= 0.3 is 0 Å². The Labute approximate surface area is 131 Å². The lowest BCUT2D eigenvalue weighted by atomic mass is 9.88. The Morgan fingerprint density at radius 2 is 2.27 bits per heavy atom. The summed E-state index contributed by atoms with van der Waals surface area (Å²) in [7, 11) is 0. The zero-order valence-corrected chi connectivity index (χ0v) is 13.3. The minimum absolute atomic E-state index is 0.118. The summed E-state index contributed by atoms with van der Waals surface area (Å²) < 4.78 is 4.94. The van der Waals surface area contributed by atoms with Gasteiger partial charge in [-0.25, -0.2) is 0 Å². The maximum Gasteiger partial charge on any atom is 0.294 e. The third-order valence-corrected chi connectivity index (χ3v) is 5.01. The van der Waals surface area contributed by atoms with E-state index in [1.54, 1.807) is 13.0 Å². The van der Waals surface area contributed by atoms with Crippen LogP contribution in [0.5, 0.6) is 0 Å². The summed E-state index contributed by atoms with van der Waals surface area (Å²) in [6.07, 6.45) is 2.76. The largest absolute Gasteiger partial charge is 0.365 e. The Bertz CT molecular complexity index is 747. The number of anilines is 1. The summed E-state index contributed by atoms with van der Waals surface area (Å²) in [4.78, 5) is 25.1. The smallest absolute Gasteiger partial charge is 0.294 e. The van der Waals surface area contributed by atoms with E-state index in [1.807, 2.05) is 0 Å². The molecule has 0 radical (unpaired) electrons. The third-order valence-electron chi connectivity index (χ3n) is 3.84. The number of rotatable bonds is 3. The van der Waals surface area contributed by atoms with E-state index in [9.17, 15) is 9.59 Å². The molecular formula is C15H17N3O3S. The Hall–Kier alpha value is -2.15. The van der Waals surface area contributed by atoms with E-state index in [0.717, 1.165) is 29.7 Å². The number of thiophene rings is 1. The van der Waals surface area contributed by atoms with Gasteiger partial charge in [0.05, 0.1) is 11.3 Å². The highest BCUT2D eigenvalue weighted by Gasteiger charge is 2.27. The number of carbonyl (C=O) groups is 2. The number of amides is 2. The highest BCUT2D eigenvalue weighted by atomic mass is 32.1. The molecule has 1 aliphatic rings. The number of nitrogens with zero attached hydrogens (tertiary/aromatic N) is 1. The Morgan fingerprint density at radius 1 is 1.50 bits per heavy atom. The predicted molar refractivity (Wildman–Crippen MR) is 83.2 cm³/mol. The maximum atomic E-state index is 12.2. The second-order valence-corrected chi connectivity index (χ2v) is 6.81. The van der Waals surface area contributed by atoms with Crippen molar-refractivity contribution in [2.75, 3.05) is 5.32 Å². The molecule has 0 fully saturated rings. The van der Waals surface area contributed by atoms with Crippen LogP contribution in [0.15, 0.2) is 10.6 Å². The van der Waals surface area contributed by atoms with Gasteiger partial charge in [0, 0.05) is 10.9 Å². The topological polar surface area (TPSA) is 98.2 Å². The number of nitrogens with two attached hydrogens (primary N) is 1. The quantitative estimate of drug-likeness (QED) is 0.908. The second kappa shape index (κ2) is 5.57. The van der Waals surface area contributed by atoms with Gasteiger partial charge in [-0.3, -0.25) is 9.59 Å². The molecule has 0 unspecified atom stereocenters. The molecule has 0 bridgehead atoms. The number of aromatic nitrogens is 1. The molecule has 6 nitrogen and oxygen atoms in total. The van der Waals surface area contributed by atoms with Crippen LogP contribution in [-0.2, 0) is 12.8 Å². The standard InChI is InChI=1S/C15H17N3O3S/c1-7-3-4-9-11(5-7)22-15(12(9)13(16)19)17-14(20)10-6-8(2)18-21-10/h6-7H,3-5H2,1-2H3,(H2,16,19)(H,17,20)/t7-/m1/s1. The van der Waals surface area contributed by atoms with E-state index in [4.69, 9.17) is 10.3 Å². The van der Waals surface area contributed by atoms with Crippen LogP contribution in [0, 0.1) is 12.8 Å². The van der Waals surface area contributed by atoms with Crippen LogP contribution in [0.4, 0.5) is 5.00 Å². The number of hydrogen-bond donors (Lipinski definition) is 2. The number of aryl methyl sites for hydroxylation is 1. The first-order valence-corrected chi connectivity index (χ1v) is 7.96. The maximum absolute atomic E-state index is 12.2. The zero-order valence-electron chi connectivity index (χ0n) is 12.4. The lowest BCUT2D eigenvalue weighted by molar-refractivity contribution is 0.0988. The van der Waals surface area contributed by atoms with Crippen molar-refractivity contribution in [2.45, 2.75) is 33.1 Å². The van der Waals surface area contributed by atoms with Gasteiger partial charge in [-0.2, -0.15) is 0 Å². The van der Waals surface area contributed by atoms with Crippen molar-refractivity contribution >= 4 is 28.2 Å². The molecule has 7 heteroatoms. The zero-order chi connectivity index (χ0) is 15.9. The number of nitrogens with one attached hydrogen (secondary N) is 1. The van der Waals surface area contributed by atoms with E-state index in [2.05, 4.69) is 17.4 Å². The molecule has 2 aromatic heterocycles. The molecule has 1 aliphatic carbocycles. The van der Waals surface area contributed by atoms with Crippen molar-refractivity contribution < 1.29 is 14.1 Å². The van der Waals surface area contributed by atoms with Crippen molar-refractivity contribution in [3.05, 3.63) is 33.5 Å². The van der Waals surface area contributed by atoms with Crippen molar-refractivity contribution in [3.8, 4) is 0 Å². The fraction of sp³-hybridized carbons (Fsp3) is 0.400. The molecule has 0 spiro atoms. The number of carbonyl (C=O) groups excluding carboxylic acids is 2. The molecule has 0 aliphatic heterocycles. The van der Waals surface area contributed by atoms with E-state index in [-0.39, 0.29) is 5.76 Å². The summed E-state index contributed by atoms with van der Waals surface area (Å²) in [6, 6.07) is 1.55. The van der Waals surface area contributed by atoms with Crippen molar-refractivity contribution in [3.63, 3.8) is 0 Å². The van der Waals surface area contributed by atoms with Gasteiger partial charge in [-0.15, -0.1) is 11.3 Å². The Kier molecular flexibility index (Phi) is 3.74. The molecule has 3 rings (SSSR count). The van der Waals surface area contributed by atoms with Crippen molar-refractivity contribution in [1.29, 1.82) is 0 Å². The van der Waals surface area contributed by atoms with E-state index >= 15 is 0 Å². The fourth-order valence-corrected chi connectivity index (χ4v) is 4.15. The highest BCUT2D eigenvalue weighted by Crippen LogP contribution is 2.39. The Morgan fingerprint density at radius 3 is 2.91 bits per heavy atom. The van der Waals surface area contributed by atoms with Crippen LogP contribution in [0.2, 0.25) is 0 Å². The first-order chi connectivity index (χ1) is 10.5. The van der Waals surface area contributed by atoms with Crippen molar-refractivity contribution in [2.24, 2.45) is 11.7 Å². The first-order valence-electron chi connectivity index (χ1n) is 7.14. The molecule has 0 saturated heterocycles. The van der Waals surface area contributed by atoms with Gasteiger partial charge in [0.1, 0.15) is 5.00 Å². The van der Waals surface area contributed by atoms with E-state index in [0.29, 0.717) is 22.2 Å². The molecule has 2 heterocycles. The molecule has 0 saturated carbocycles. The molecule has 2 amide bonds. The minimum Gasteiger partial charge on any atom is -0.365 e. The number of hydrogen-bond acceptors (Lipinski definition) is 5. The molecule has 3 N–H and O–H groups in total. The Balaban J connectivity index is 1.93. The summed E-state index contributed by atoms with van der Waals surface area (Å²) in [5.41, 5.74) is 7.57. The molecule has 0 aromatic carbocycles. The molecule has 2 aromatic rings. The normalized spacial score (nSPS) is 17.1. The van der Waals surface area contributed by atoms with Gasteiger partial charge in [0.2, 0.25) is 5.76 Å². The second-order valence-electron chi connectivity index (χ2n) is 5.71. The average molecular weight is 319 g/mol. The monoisotopic (exact) mass is 319 g/mol. The van der Waals surface area contributed by atoms with Gasteiger partial charge in [-0.05, 0) is 37.7 Å². The average Bonchev–Trinajstić information content (AvgIpc) is 3.01. The van der Waals surface area contributed by atoms with Crippen LogP contribution in [-0.4, -0.2) is 17.0 Å². The summed E-state index contributed by atoms with van der Waals surface area (Å²) >= 11 is 1.43. The van der Waals surface area contributed by atoms with Crippen molar-refractivity contribution in [1.82, 2.24) is 5.16 Å². The SMILES string of the molecule is Cc1cc(C(=O)Nc2sc3c(c2C(N)=O)CC[C@@H](C)C3)on1. The molecule has 22 heavy (non-hydrogen) atoms. The van der Waals surface area contributed by atoms with Crippen LogP contribution < -0.4 is 11.1 Å². The van der Waals surface area contributed by atoms with Gasteiger partial charge < -0.3 is 15.6 Å². The highest BCUT2D eigenvalue weighted by molar-refractivity contribution is 7.17. The minimum atomic E-state index is -0.504. The fourth-order valence-electron chi connectivity index (χ4n) is 2.73. The van der Waals surface area contributed by atoms with Gasteiger partial charge in [-0.1, -0.05) is 12.1 Å². The lowest BCUT2D eigenvalue weighted by Crippen LogP contribution is -2.19. The lowest BCUT2D eigenvalue weighted by Gasteiger charge is -2.18. The van der Waals surface area contributed by atoms with Crippen LogP contribution in [0.25, 0.3) is 0 Å². The molecular weight excluding hydrogens is 302 g/mol.